The summed E-state index contributed by atoms with van der Waals surface area (Å²) >= 11 is 11.9. The van der Waals surface area contributed by atoms with Crippen LogP contribution in [0, 0.1) is 0 Å². The summed E-state index contributed by atoms with van der Waals surface area (Å²) in [5.74, 6) is 0. The van der Waals surface area contributed by atoms with E-state index in [-0.39, 0.29) is 0 Å². The Bertz CT molecular complexity index is 546. The third-order valence-electron chi connectivity index (χ3n) is 3.01. The summed E-state index contributed by atoms with van der Waals surface area (Å²) in [6, 6.07) is 13.1. The topological polar surface area (TPSA) is 20.2 Å². The van der Waals surface area contributed by atoms with E-state index in [0.717, 1.165) is 18.4 Å². The van der Waals surface area contributed by atoms with Gasteiger partial charge in [0.25, 0.3) is 0 Å². The van der Waals surface area contributed by atoms with E-state index in [1.807, 2.05) is 18.2 Å². The Labute approximate surface area is 123 Å². The predicted octanol–water partition coefficient (Wildman–Crippen LogP) is 5.03. The van der Waals surface area contributed by atoms with Crippen LogP contribution in [0.1, 0.15) is 36.1 Å². The second kappa shape index (κ2) is 6.42. The quantitative estimate of drug-likeness (QED) is 0.839. The van der Waals surface area contributed by atoms with Gasteiger partial charge >= 0.3 is 0 Å². The van der Waals surface area contributed by atoms with Gasteiger partial charge < -0.3 is 5.11 Å². The van der Waals surface area contributed by atoms with E-state index >= 15 is 0 Å². The molecule has 1 unspecified atom stereocenters. The fourth-order valence-corrected chi connectivity index (χ4v) is 2.68. The van der Waals surface area contributed by atoms with Crippen LogP contribution in [0.2, 0.25) is 10.0 Å². The van der Waals surface area contributed by atoms with Crippen molar-refractivity contribution in [1.29, 1.82) is 0 Å². The molecule has 0 radical (unpaired) electrons. The Morgan fingerprint density at radius 3 is 2.32 bits per heavy atom. The van der Waals surface area contributed by atoms with Crippen molar-refractivity contribution >= 4 is 23.2 Å². The molecule has 0 fully saturated rings. The molecule has 3 heteroatoms. The summed E-state index contributed by atoms with van der Waals surface area (Å²) in [6.45, 7) is 2.14. The van der Waals surface area contributed by atoms with Gasteiger partial charge in [-0.3, -0.25) is 0 Å². The number of aryl methyl sites for hydroxylation is 1. The molecule has 0 aromatic heterocycles. The first-order valence-electron chi connectivity index (χ1n) is 6.33. The normalized spacial score (nSPS) is 12.4. The molecule has 0 aliphatic heterocycles. The molecular formula is C16H16Cl2O. The first-order valence-corrected chi connectivity index (χ1v) is 7.08. The minimum absolute atomic E-state index is 0.534. The highest BCUT2D eigenvalue weighted by molar-refractivity contribution is 6.34. The molecular weight excluding hydrogens is 279 g/mol. The molecule has 0 saturated carbocycles. The van der Waals surface area contributed by atoms with Crippen LogP contribution in [-0.4, -0.2) is 5.11 Å². The Kier molecular flexibility index (Phi) is 4.87. The first kappa shape index (κ1) is 14.4. The zero-order valence-corrected chi connectivity index (χ0v) is 12.2. The van der Waals surface area contributed by atoms with Crippen molar-refractivity contribution in [2.45, 2.75) is 25.9 Å². The molecule has 0 saturated heterocycles. The molecule has 0 spiro atoms. The van der Waals surface area contributed by atoms with Crippen LogP contribution in [-0.2, 0) is 6.42 Å². The third-order valence-corrected chi connectivity index (χ3v) is 3.44. The first-order chi connectivity index (χ1) is 9.10. The molecule has 1 nitrogen and oxygen atoms in total. The van der Waals surface area contributed by atoms with Crippen LogP contribution < -0.4 is 0 Å². The number of halogens is 2. The highest BCUT2D eigenvalue weighted by Gasteiger charge is 2.12. The van der Waals surface area contributed by atoms with Gasteiger partial charge in [-0.25, -0.2) is 0 Å². The Hall–Kier alpha value is -1.02. The Balaban J connectivity index is 2.32. The molecule has 19 heavy (non-hydrogen) atoms. The molecule has 0 aliphatic rings. The summed E-state index contributed by atoms with van der Waals surface area (Å²) in [5, 5.41) is 11.5. The van der Waals surface area contributed by atoms with Crippen LogP contribution in [0.15, 0.2) is 42.5 Å². The lowest BCUT2D eigenvalue weighted by Gasteiger charge is -2.13. The van der Waals surface area contributed by atoms with Crippen LogP contribution in [0.3, 0.4) is 0 Å². The van der Waals surface area contributed by atoms with E-state index in [4.69, 9.17) is 23.2 Å². The van der Waals surface area contributed by atoms with Gasteiger partial charge in [0, 0.05) is 10.0 Å². The average Bonchev–Trinajstić information content (AvgIpc) is 2.37. The fourth-order valence-electron chi connectivity index (χ4n) is 2.13. The second-order valence-corrected chi connectivity index (χ2v) is 5.47. The van der Waals surface area contributed by atoms with Crippen LogP contribution in [0.25, 0.3) is 0 Å². The molecule has 2 aromatic carbocycles. The maximum absolute atomic E-state index is 10.4. The van der Waals surface area contributed by atoms with Crippen molar-refractivity contribution in [2.75, 3.05) is 0 Å². The summed E-state index contributed by atoms with van der Waals surface area (Å²) in [4.78, 5) is 0. The standard InChI is InChI=1S/C16H16Cl2O/c1-2-4-11-5-3-6-12(7-11)16(19)13-8-14(17)10-15(18)9-13/h3,5-10,16,19H,2,4H2,1H3. The van der Waals surface area contributed by atoms with E-state index in [1.165, 1.54) is 5.56 Å². The third kappa shape index (κ3) is 3.73. The van der Waals surface area contributed by atoms with Crippen molar-refractivity contribution in [3.8, 4) is 0 Å². The van der Waals surface area contributed by atoms with E-state index in [1.54, 1.807) is 18.2 Å². The Morgan fingerprint density at radius 1 is 1.00 bits per heavy atom. The van der Waals surface area contributed by atoms with Crippen molar-refractivity contribution < 1.29 is 5.11 Å². The van der Waals surface area contributed by atoms with Crippen molar-refractivity contribution in [3.05, 3.63) is 69.2 Å². The lowest BCUT2D eigenvalue weighted by molar-refractivity contribution is 0.220. The molecule has 1 atom stereocenters. The molecule has 0 amide bonds. The van der Waals surface area contributed by atoms with Gasteiger partial charge in [0.15, 0.2) is 0 Å². The van der Waals surface area contributed by atoms with E-state index in [9.17, 15) is 5.11 Å². The monoisotopic (exact) mass is 294 g/mol. The number of aliphatic hydroxyl groups excluding tert-OH is 1. The van der Waals surface area contributed by atoms with Gasteiger partial charge in [0.2, 0.25) is 0 Å². The highest BCUT2D eigenvalue weighted by atomic mass is 35.5. The molecule has 2 aromatic rings. The molecule has 100 valence electrons. The number of rotatable bonds is 4. The maximum atomic E-state index is 10.4. The molecule has 0 bridgehead atoms. The van der Waals surface area contributed by atoms with E-state index in [2.05, 4.69) is 13.0 Å². The van der Waals surface area contributed by atoms with Crippen molar-refractivity contribution in [1.82, 2.24) is 0 Å². The van der Waals surface area contributed by atoms with Gasteiger partial charge in [0.05, 0.1) is 0 Å². The van der Waals surface area contributed by atoms with Gasteiger partial charge in [0.1, 0.15) is 6.10 Å². The zero-order valence-electron chi connectivity index (χ0n) is 10.7. The van der Waals surface area contributed by atoms with E-state index < -0.39 is 6.10 Å². The summed E-state index contributed by atoms with van der Waals surface area (Å²) < 4.78 is 0. The van der Waals surface area contributed by atoms with Gasteiger partial charge in [-0.05, 0) is 41.3 Å². The molecule has 2 rings (SSSR count). The predicted molar refractivity (Wildman–Crippen MR) is 81.0 cm³/mol. The van der Waals surface area contributed by atoms with Crippen LogP contribution in [0.5, 0.6) is 0 Å². The summed E-state index contributed by atoms with van der Waals surface area (Å²) in [5.41, 5.74) is 2.81. The van der Waals surface area contributed by atoms with Crippen molar-refractivity contribution in [3.63, 3.8) is 0 Å². The second-order valence-electron chi connectivity index (χ2n) is 4.60. The molecule has 0 aliphatic carbocycles. The number of aliphatic hydroxyl groups is 1. The average molecular weight is 295 g/mol. The lowest BCUT2D eigenvalue weighted by atomic mass is 9.98. The van der Waals surface area contributed by atoms with Crippen LogP contribution in [0.4, 0.5) is 0 Å². The highest BCUT2D eigenvalue weighted by Crippen LogP contribution is 2.28. The smallest absolute Gasteiger partial charge is 0.104 e. The maximum Gasteiger partial charge on any atom is 0.104 e. The van der Waals surface area contributed by atoms with E-state index in [0.29, 0.717) is 15.6 Å². The van der Waals surface area contributed by atoms with Crippen molar-refractivity contribution in [2.24, 2.45) is 0 Å². The number of benzene rings is 2. The Morgan fingerprint density at radius 2 is 1.68 bits per heavy atom. The lowest BCUT2D eigenvalue weighted by Crippen LogP contribution is -2.00. The largest absolute Gasteiger partial charge is 0.384 e. The molecule has 1 N–H and O–H groups in total. The molecule has 0 heterocycles. The zero-order chi connectivity index (χ0) is 13.8. The summed E-state index contributed by atoms with van der Waals surface area (Å²) in [6.07, 6.45) is 1.40. The number of hydrogen-bond acceptors (Lipinski definition) is 1. The number of hydrogen-bond donors (Lipinski definition) is 1. The van der Waals surface area contributed by atoms with Crippen LogP contribution >= 0.6 is 23.2 Å². The minimum Gasteiger partial charge on any atom is -0.384 e. The fraction of sp³-hybridized carbons (Fsp3) is 0.250. The van der Waals surface area contributed by atoms with Gasteiger partial charge in [-0.15, -0.1) is 0 Å². The SMILES string of the molecule is CCCc1cccc(C(O)c2cc(Cl)cc(Cl)c2)c1. The summed E-state index contributed by atoms with van der Waals surface area (Å²) in [7, 11) is 0. The van der Waals surface area contributed by atoms with Gasteiger partial charge in [-0.2, -0.15) is 0 Å². The van der Waals surface area contributed by atoms with Gasteiger partial charge in [-0.1, -0.05) is 60.8 Å². The minimum atomic E-state index is -0.701.